The van der Waals surface area contributed by atoms with Gasteiger partial charge < -0.3 is 19.9 Å². The number of amides is 1. The maximum Gasteiger partial charge on any atom is 0.227 e. The molecule has 4 atom stereocenters. The highest BCUT2D eigenvalue weighted by Gasteiger charge is 2.44. The van der Waals surface area contributed by atoms with E-state index in [0.29, 0.717) is 18.3 Å². The van der Waals surface area contributed by atoms with Crippen LogP contribution in [-0.2, 0) is 11.2 Å². The van der Waals surface area contributed by atoms with Gasteiger partial charge in [-0.25, -0.2) is 4.39 Å². The van der Waals surface area contributed by atoms with Crippen molar-refractivity contribution < 1.29 is 14.3 Å². The van der Waals surface area contributed by atoms with E-state index in [1.54, 1.807) is 6.07 Å². The summed E-state index contributed by atoms with van der Waals surface area (Å²) >= 11 is 0. The van der Waals surface area contributed by atoms with Crippen molar-refractivity contribution in [3.8, 4) is 0 Å². The van der Waals surface area contributed by atoms with E-state index in [0.717, 1.165) is 74.3 Å². The Balaban J connectivity index is 1.26. The van der Waals surface area contributed by atoms with E-state index >= 15 is 0 Å². The number of H-pyrrole nitrogens is 1. The zero-order valence-electron chi connectivity index (χ0n) is 18.5. The number of aromatic amines is 1. The van der Waals surface area contributed by atoms with Gasteiger partial charge in [-0.2, -0.15) is 0 Å². The van der Waals surface area contributed by atoms with Gasteiger partial charge in [0.15, 0.2) is 0 Å². The monoisotopic (exact) mass is 428 g/mol. The Hall–Kier alpha value is -1.96. The van der Waals surface area contributed by atoms with Crippen molar-refractivity contribution in [2.45, 2.75) is 38.3 Å². The number of halogens is 1. The summed E-state index contributed by atoms with van der Waals surface area (Å²) in [4.78, 5) is 23.2. The third kappa shape index (κ3) is 3.99. The summed E-state index contributed by atoms with van der Waals surface area (Å²) in [5.41, 5.74) is 2.69. The molecule has 3 heterocycles. The zero-order valence-corrected chi connectivity index (χ0v) is 18.5. The van der Waals surface area contributed by atoms with Crippen LogP contribution in [-0.4, -0.2) is 89.2 Å². The Morgan fingerprint density at radius 2 is 1.87 bits per heavy atom. The van der Waals surface area contributed by atoms with Gasteiger partial charge in [-0.3, -0.25) is 9.69 Å². The second-order valence-electron chi connectivity index (χ2n) is 9.86. The fraction of sp³-hybridized carbons (Fsp3) is 0.625. The first kappa shape index (κ1) is 20.9. The third-order valence-corrected chi connectivity index (χ3v) is 7.88. The lowest BCUT2D eigenvalue weighted by Gasteiger charge is -2.44. The maximum absolute atomic E-state index is 13.8. The van der Waals surface area contributed by atoms with E-state index in [1.165, 1.54) is 12.1 Å². The second kappa shape index (κ2) is 8.19. The molecule has 2 aromatic rings. The number of aryl methyl sites for hydroxylation is 1. The number of piperazine rings is 1. The van der Waals surface area contributed by atoms with Gasteiger partial charge in [0.2, 0.25) is 5.91 Å². The van der Waals surface area contributed by atoms with Crippen LogP contribution in [0, 0.1) is 24.6 Å². The van der Waals surface area contributed by atoms with Crippen molar-refractivity contribution in [3.63, 3.8) is 0 Å². The number of carbonyl (C=O) groups excluding carboxylic acids is 1. The highest BCUT2D eigenvalue weighted by atomic mass is 19.1. The van der Waals surface area contributed by atoms with E-state index in [2.05, 4.69) is 21.8 Å². The lowest BCUT2D eigenvalue weighted by Crippen LogP contribution is -2.55. The zero-order chi connectivity index (χ0) is 21.7. The molecule has 1 aromatic carbocycles. The number of nitrogens with one attached hydrogen (secondary N) is 1. The van der Waals surface area contributed by atoms with Crippen LogP contribution >= 0.6 is 0 Å². The number of nitrogens with zero attached hydrogens (tertiary/aromatic N) is 3. The van der Waals surface area contributed by atoms with E-state index in [4.69, 9.17) is 0 Å². The van der Waals surface area contributed by atoms with Gasteiger partial charge in [-0.1, -0.05) is 0 Å². The highest BCUT2D eigenvalue weighted by molar-refractivity contribution is 5.90. The molecule has 0 radical (unpaired) electrons. The van der Waals surface area contributed by atoms with Gasteiger partial charge in [0.05, 0.1) is 12.5 Å². The molecular weight excluding hydrogens is 395 g/mol. The molecule has 3 aliphatic rings. The fourth-order valence-corrected chi connectivity index (χ4v) is 6.00. The van der Waals surface area contributed by atoms with Crippen molar-refractivity contribution in [1.29, 1.82) is 0 Å². The average molecular weight is 429 g/mol. The minimum atomic E-state index is -0.307. The van der Waals surface area contributed by atoms with Gasteiger partial charge in [0.25, 0.3) is 0 Å². The largest absolute Gasteiger partial charge is 0.391 e. The minimum absolute atomic E-state index is 0.105. The number of hydrogen-bond acceptors (Lipinski definition) is 4. The van der Waals surface area contributed by atoms with Crippen LogP contribution in [0.15, 0.2) is 18.2 Å². The molecule has 1 aliphatic carbocycles. The van der Waals surface area contributed by atoms with Crippen LogP contribution in [0.2, 0.25) is 0 Å². The normalized spacial score (nSPS) is 30.1. The van der Waals surface area contributed by atoms with Crippen molar-refractivity contribution in [2.24, 2.45) is 11.8 Å². The van der Waals surface area contributed by atoms with Crippen LogP contribution in [0.4, 0.5) is 4.39 Å². The first-order chi connectivity index (χ1) is 14.9. The molecule has 31 heavy (non-hydrogen) atoms. The highest BCUT2D eigenvalue weighted by Crippen LogP contribution is 2.39. The van der Waals surface area contributed by atoms with Crippen LogP contribution in [0.3, 0.4) is 0 Å². The van der Waals surface area contributed by atoms with Crippen molar-refractivity contribution in [2.75, 3.05) is 46.3 Å². The van der Waals surface area contributed by atoms with Crippen LogP contribution in [0.5, 0.6) is 0 Å². The quantitative estimate of drug-likeness (QED) is 0.785. The van der Waals surface area contributed by atoms with Crippen molar-refractivity contribution >= 4 is 16.8 Å². The molecule has 2 saturated heterocycles. The van der Waals surface area contributed by atoms with Crippen LogP contribution in [0.25, 0.3) is 10.9 Å². The average Bonchev–Trinajstić information content (AvgIpc) is 3.29. The Labute approximate surface area is 183 Å². The molecule has 1 amide bonds. The number of aliphatic hydroxyl groups is 1. The van der Waals surface area contributed by atoms with Crippen LogP contribution in [0.1, 0.15) is 24.1 Å². The number of fused-ring (bicyclic) bond motifs is 2. The predicted molar refractivity (Wildman–Crippen MR) is 118 cm³/mol. The summed E-state index contributed by atoms with van der Waals surface area (Å²) in [5.74, 6) is 0.660. The number of likely N-dealkylation sites (tertiary alicyclic amines) is 1. The van der Waals surface area contributed by atoms with Gasteiger partial charge >= 0.3 is 0 Å². The summed E-state index contributed by atoms with van der Waals surface area (Å²) in [6, 6.07) is 4.90. The molecule has 2 N–H and O–H groups in total. The Morgan fingerprint density at radius 1 is 1.16 bits per heavy atom. The molecule has 6 nitrogen and oxygen atoms in total. The SMILES string of the molecule is Cc1[nH]c2ccc(F)cc2c1CC(=O)N1C[C@H]2C[C@@H](N3CCN(C)CC3)[C@H](O)C[C@H]2C1. The topological polar surface area (TPSA) is 62.8 Å². The first-order valence-electron chi connectivity index (χ1n) is 11.5. The summed E-state index contributed by atoms with van der Waals surface area (Å²) in [7, 11) is 2.15. The maximum atomic E-state index is 13.8. The molecule has 1 aromatic heterocycles. The number of likely N-dealkylation sites (N-methyl/N-ethyl adjacent to an activating group) is 1. The molecule has 1 saturated carbocycles. The predicted octanol–water partition coefficient (Wildman–Crippen LogP) is 2.00. The fourth-order valence-electron chi connectivity index (χ4n) is 6.00. The lowest BCUT2D eigenvalue weighted by molar-refractivity contribution is -0.129. The second-order valence-corrected chi connectivity index (χ2v) is 9.86. The number of carbonyl (C=O) groups is 1. The Morgan fingerprint density at radius 3 is 2.61 bits per heavy atom. The minimum Gasteiger partial charge on any atom is -0.391 e. The summed E-state index contributed by atoms with van der Waals surface area (Å²) in [6.07, 6.45) is 1.73. The molecule has 3 fully saturated rings. The standard InChI is InChI=1S/C24H33FN4O2/c1-15-19(20-11-18(25)3-4-21(20)26-15)12-24(31)29-13-16-9-22(23(30)10-17(16)14-29)28-7-5-27(2)6-8-28/h3-4,11,16-17,22-23,26,30H,5-10,12-14H2,1-2H3/t16-,17+,22-,23-/m1/s1. The molecule has 7 heteroatoms. The van der Waals surface area contributed by atoms with Gasteiger partial charge in [-0.05, 0) is 62.4 Å². The molecule has 168 valence electrons. The van der Waals surface area contributed by atoms with E-state index in [1.807, 2.05) is 11.8 Å². The van der Waals surface area contributed by atoms with Crippen LogP contribution < -0.4 is 0 Å². The number of aliphatic hydroxyl groups excluding tert-OH is 1. The number of hydrogen-bond donors (Lipinski definition) is 2. The molecule has 2 aliphatic heterocycles. The van der Waals surface area contributed by atoms with Crippen molar-refractivity contribution in [3.05, 3.63) is 35.3 Å². The van der Waals surface area contributed by atoms with Gasteiger partial charge in [0.1, 0.15) is 5.82 Å². The summed E-state index contributed by atoms with van der Waals surface area (Å²) in [6.45, 7) is 7.56. The smallest absolute Gasteiger partial charge is 0.227 e. The lowest BCUT2D eigenvalue weighted by atomic mass is 9.77. The molecule has 0 spiro atoms. The van der Waals surface area contributed by atoms with E-state index in [9.17, 15) is 14.3 Å². The summed E-state index contributed by atoms with van der Waals surface area (Å²) in [5, 5.41) is 11.6. The number of benzene rings is 1. The first-order valence-corrected chi connectivity index (χ1v) is 11.5. The van der Waals surface area contributed by atoms with Crippen molar-refractivity contribution in [1.82, 2.24) is 19.7 Å². The van der Waals surface area contributed by atoms with E-state index < -0.39 is 0 Å². The Kier molecular flexibility index (Phi) is 5.52. The van der Waals surface area contributed by atoms with E-state index in [-0.39, 0.29) is 23.9 Å². The number of rotatable bonds is 3. The molecular formula is C24H33FN4O2. The summed E-state index contributed by atoms with van der Waals surface area (Å²) < 4.78 is 13.8. The number of aromatic nitrogens is 1. The van der Waals surface area contributed by atoms with Gasteiger partial charge in [-0.15, -0.1) is 0 Å². The molecule has 0 bridgehead atoms. The molecule has 5 rings (SSSR count). The molecule has 0 unspecified atom stereocenters. The third-order valence-electron chi connectivity index (χ3n) is 7.88. The van der Waals surface area contributed by atoms with Gasteiger partial charge in [0, 0.05) is 61.9 Å². The Bertz CT molecular complexity index is 968.